The van der Waals surface area contributed by atoms with E-state index in [1.807, 2.05) is 12.1 Å². The molecule has 1 aliphatic rings. The third kappa shape index (κ3) is 5.33. The van der Waals surface area contributed by atoms with Crippen LogP contribution in [-0.4, -0.2) is 22.3 Å². The molecule has 2 unspecified atom stereocenters. The fraction of sp³-hybridized carbons (Fsp3) is 0.588. The number of hydrogen-bond donors (Lipinski definition) is 2. The lowest BCUT2D eigenvalue weighted by atomic mass is 9.89. The van der Waals surface area contributed by atoms with Gasteiger partial charge in [-0.2, -0.15) is 0 Å². The van der Waals surface area contributed by atoms with Gasteiger partial charge in [-0.15, -0.1) is 0 Å². The molecule has 2 atom stereocenters. The fourth-order valence-corrected chi connectivity index (χ4v) is 3.36. The predicted octanol–water partition coefficient (Wildman–Crippen LogP) is 3.91. The Hall–Kier alpha value is -1.06. The number of aliphatic hydroxyl groups is 1. The van der Waals surface area contributed by atoms with Crippen molar-refractivity contribution in [3.05, 3.63) is 34.9 Å². The van der Waals surface area contributed by atoms with Crippen LogP contribution >= 0.6 is 11.6 Å². The minimum atomic E-state index is -0.838. The lowest BCUT2D eigenvalue weighted by Crippen LogP contribution is -2.24. The lowest BCUT2D eigenvalue weighted by molar-refractivity contribution is -0.142. The van der Waals surface area contributed by atoms with Gasteiger partial charge in [0.2, 0.25) is 0 Å². The largest absolute Gasteiger partial charge is 0.481 e. The first-order valence-corrected chi connectivity index (χ1v) is 8.07. The van der Waals surface area contributed by atoms with E-state index in [0.717, 1.165) is 12.0 Å². The molecule has 0 aliphatic heterocycles. The molecule has 1 aromatic rings. The molecule has 4 heteroatoms. The Kier molecular flexibility index (Phi) is 6.07. The van der Waals surface area contributed by atoms with Crippen molar-refractivity contribution in [1.82, 2.24) is 0 Å². The minimum Gasteiger partial charge on any atom is -0.481 e. The van der Waals surface area contributed by atoms with Crippen LogP contribution in [0.3, 0.4) is 0 Å². The van der Waals surface area contributed by atoms with Gasteiger partial charge in [-0.25, -0.2) is 0 Å². The number of rotatable bonds is 7. The number of carboxylic acids is 1. The number of benzene rings is 1. The number of carboxylic acid groups (broad SMARTS) is 1. The first kappa shape index (κ1) is 16.3. The zero-order valence-electron chi connectivity index (χ0n) is 12.2. The standard InChI is InChI=1S/C17H23ClO3/c18-15-7-5-13(6-8-15)9-14(17(20)21)11-16(19)10-12-3-1-2-4-12/h5-8,12,14,16,19H,1-4,9-11H2,(H,20,21). The monoisotopic (exact) mass is 310 g/mol. The van der Waals surface area contributed by atoms with E-state index in [0.29, 0.717) is 23.8 Å². The molecule has 0 radical (unpaired) electrons. The van der Waals surface area contributed by atoms with Gasteiger partial charge in [-0.3, -0.25) is 4.79 Å². The van der Waals surface area contributed by atoms with Crippen LogP contribution in [0.1, 0.15) is 44.1 Å². The molecule has 21 heavy (non-hydrogen) atoms. The van der Waals surface area contributed by atoms with Crippen molar-refractivity contribution in [2.45, 2.75) is 51.0 Å². The van der Waals surface area contributed by atoms with Crippen molar-refractivity contribution in [3.8, 4) is 0 Å². The molecule has 116 valence electrons. The highest BCUT2D eigenvalue weighted by atomic mass is 35.5. The molecular formula is C17H23ClO3. The second-order valence-electron chi connectivity index (χ2n) is 6.14. The second-order valence-corrected chi connectivity index (χ2v) is 6.58. The maximum absolute atomic E-state index is 11.4. The lowest BCUT2D eigenvalue weighted by Gasteiger charge is -2.19. The van der Waals surface area contributed by atoms with Crippen LogP contribution in [0, 0.1) is 11.8 Å². The molecule has 0 heterocycles. The van der Waals surface area contributed by atoms with Gasteiger partial charge in [0.1, 0.15) is 0 Å². The van der Waals surface area contributed by atoms with Gasteiger partial charge in [0.25, 0.3) is 0 Å². The zero-order valence-corrected chi connectivity index (χ0v) is 12.9. The SMILES string of the molecule is O=C(O)C(Cc1ccc(Cl)cc1)CC(O)CC1CCCC1. The van der Waals surface area contributed by atoms with Crippen molar-refractivity contribution < 1.29 is 15.0 Å². The Morgan fingerprint density at radius 1 is 1.24 bits per heavy atom. The highest BCUT2D eigenvalue weighted by Gasteiger charge is 2.25. The first-order valence-electron chi connectivity index (χ1n) is 7.70. The van der Waals surface area contributed by atoms with E-state index in [1.165, 1.54) is 25.7 Å². The molecular weight excluding hydrogens is 288 g/mol. The number of aliphatic carboxylic acids is 1. The van der Waals surface area contributed by atoms with Crippen LogP contribution in [0.4, 0.5) is 0 Å². The summed E-state index contributed by atoms with van der Waals surface area (Å²) in [6.45, 7) is 0. The summed E-state index contributed by atoms with van der Waals surface area (Å²) in [7, 11) is 0. The maximum Gasteiger partial charge on any atom is 0.306 e. The van der Waals surface area contributed by atoms with Gasteiger partial charge >= 0.3 is 5.97 Å². The van der Waals surface area contributed by atoms with Crippen molar-refractivity contribution in [2.24, 2.45) is 11.8 Å². The minimum absolute atomic E-state index is 0.328. The molecule has 1 fully saturated rings. The van der Waals surface area contributed by atoms with E-state index in [-0.39, 0.29) is 0 Å². The van der Waals surface area contributed by atoms with E-state index in [4.69, 9.17) is 11.6 Å². The summed E-state index contributed by atoms with van der Waals surface area (Å²) in [6.07, 6.45) is 5.82. The highest BCUT2D eigenvalue weighted by molar-refractivity contribution is 6.30. The zero-order chi connectivity index (χ0) is 15.2. The molecule has 3 nitrogen and oxygen atoms in total. The molecule has 0 spiro atoms. The normalized spacial score (nSPS) is 18.6. The number of hydrogen-bond acceptors (Lipinski definition) is 2. The van der Waals surface area contributed by atoms with Crippen molar-refractivity contribution in [3.63, 3.8) is 0 Å². The van der Waals surface area contributed by atoms with Crippen molar-refractivity contribution in [2.75, 3.05) is 0 Å². The second kappa shape index (κ2) is 7.81. The summed E-state index contributed by atoms with van der Waals surface area (Å²) < 4.78 is 0. The molecule has 0 aromatic heterocycles. The Labute approximate surface area is 130 Å². The number of carbonyl (C=O) groups is 1. The highest BCUT2D eigenvalue weighted by Crippen LogP contribution is 2.30. The first-order chi connectivity index (χ1) is 10.0. The molecule has 1 aromatic carbocycles. The summed E-state index contributed by atoms with van der Waals surface area (Å²) >= 11 is 5.83. The molecule has 2 N–H and O–H groups in total. The van der Waals surface area contributed by atoms with E-state index >= 15 is 0 Å². The van der Waals surface area contributed by atoms with Crippen molar-refractivity contribution >= 4 is 17.6 Å². The van der Waals surface area contributed by atoms with E-state index in [2.05, 4.69) is 0 Å². The van der Waals surface area contributed by atoms with E-state index < -0.39 is 18.0 Å². The molecule has 0 saturated heterocycles. The van der Waals surface area contributed by atoms with Gasteiger partial charge in [-0.1, -0.05) is 49.4 Å². The Morgan fingerprint density at radius 3 is 2.43 bits per heavy atom. The van der Waals surface area contributed by atoms with Crippen LogP contribution in [0.2, 0.25) is 5.02 Å². The van der Waals surface area contributed by atoms with Crippen LogP contribution < -0.4 is 0 Å². The molecule has 2 rings (SSSR count). The molecule has 1 saturated carbocycles. The molecule has 0 amide bonds. The average Bonchev–Trinajstić information content (AvgIpc) is 2.93. The summed E-state index contributed by atoms with van der Waals surface area (Å²) in [6, 6.07) is 7.23. The maximum atomic E-state index is 11.4. The number of halogens is 1. The van der Waals surface area contributed by atoms with Gasteiger partial charge in [-0.05, 0) is 42.9 Å². The van der Waals surface area contributed by atoms with E-state index in [9.17, 15) is 15.0 Å². The average molecular weight is 311 g/mol. The van der Waals surface area contributed by atoms with Crippen LogP contribution in [0.5, 0.6) is 0 Å². The summed E-state index contributed by atoms with van der Waals surface area (Å²) in [5, 5.41) is 20.2. The third-order valence-electron chi connectivity index (χ3n) is 4.38. The number of aliphatic hydroxyl groups excluding tert-OH is 1. The third-order valence-corrected chi connectivity index (χ3v) is 4.63. The molecule has 1 aliphatic carbocycles. The van der Waals surface area contributed by atoms with Gasteiger partial charge in [0.15, 0.2) is 0 Å². The summed E-state index contributed by atoms with van der Waals surface area (Å²) in [4.78, 5) is 11.4. The quantitative estimate of drug-likeness (QED) is 0.802. The topological polar surface area (TPSA) is 57.5 Å². The Morgan fingerprint density at radius 2 is 1.86 bits per heavy atom. The van der Waals surface area contributed by atoms with Crippen LogP contribution in [-0.2, 0) is 11.2 Å². The van der Waals surface area contributed by atoms with Gasteiger partial charge in [0, 0.05) is 5.02 Å². The predicted molar refractivity (Wildman–Crippen MR) is 83.5 cm³/mol. The summed E-state index contributed by atoms with van der Waals surface area (Å²) in [5.41, 5.74) is 0.944. The van der Waals surface area contributed by atoms with Crippen molar-refractivity contribution in [1.29, 1.82) is 0 Å². The van der Waals surface area contributed by atoms with Crippen LogP contribution in [0.15, 0.2) is 24.3 Å². The fourth-order valence-electron chi connectivity index (χ4n) is 3.23. The van der Waals surface area contributed by atoms with Gasteiger partial charge in [0.05, 0.1) is 12.0 Å². The van der Waals surface area contributed by atoms with Crippen LogP contribution in [0.25, 0.3) is 0 Å². The smallest absolute Gasteiger partial charge is 0.306 e. The Bertz CT molecular complexity index is 452. The Balaban J connectivity index is 1.88. The van der Waals surface area contributed by atoms with E-state index in [1.54, 1.807) is 12.1 Å². The molecule has 0 bridgehead atoms. The van der Waals surface area contributed by atoms with Gasteiger partial charge < -0.3 is 10.2 Å². The summed E-state index contributed by atoms with van der Waals surface area (Å²) in [5.74, 6) is -0.803.